The Morgan fingerprint density at radius 1 is 1.00 bits per heavy atom. The van der Waals surface area contributed by atoms with Crippen LogP contribution in [0.5, 0.6) is 17.2 Å². The number of rotatable bonds is 13. The van der Waals surface area contributed by atoms with Gasteiger partial charge in [-0.05, 0) is 36.2 Å². The van der Waals surface area contributed by atoms with Gasteiger partial charge in [0.05, 0.1) is 46.8 Å². The van der Waals surface area contributed by atoms with Gasteiger partial charge in [0.2, 0.25) is 11.7 Å². The number of ether oxygens (including phenoxy) is 6. The predicted molar refractivity (Wildman–Crippen MR) is 123 cm³/mol. The predicted octanol–water partition coefficient (Wildman–Crippen LogP) is 2.87. The van der Waals surface area contributed by atoms with E-state index in [0.717, 1.165) is 10.5 Å². The Morgan fingerprint density at radius 3 is 2.24 bits per heavy atom. The van der Waals surface area contributed by atoms with Crippen molar-refractivity contribution in [1.82, 2.24) is 9.88 Å². The Balaban J connectivity index is 1.83. The van der Waals surface area contributed by atoms with E-state index in [0.29, 0.717) is 36.0 Å². The maximum Gasteiger partial charge on any atom is 0.416 e. The number of carbonyl (C=O) groups excluding carboxylic acids is 2. The van der Waals surface area contributed by atoms with Crippen molar-refractivity contribution in [2.45, 2.75) is 26.0 Å². The fraction of sp³-hybridized carbons (Fsp3) is 0.458. The third kappa shape index (κ3) is 7.89. The fourth-order valence-electron chi connectivity index (χ4n) is 3.07. The molecule has 0 aliphatic carbocycles. The number of benzene rings is 1. The minimum Gasteiger partial charge on any atom is -0.493 e. The molecule has 186 valence electrons. The average molecular weight is 477 g/mol. The van der Waals surface area contributed by atoms with Gasteiger partial charge in [-0.25, -0.2) is 9.69 Å². The van der Waals surface area contributed by atoms with Crippen LogP contribution in [0.4, 0.5) is 4.79 Å². The van der Waals surface area contributed by atoms with E-state index in [1.807, 2.05) is 12.1 Å². The highest BCUT2D eigenvalue weighted by atomic mass is 16.6. The quantitative estimate of drug-likeness (QED) is 0.404. The normalized spacial score (nSPS) is 11.4. The molecule has 0 N–H and O–H groups in total. The number of amides is 2. The molecule has 2 aromatic rings. The zero-order valence-electron chi connectivity index (χ0n) is 20.2. The number of methoxy groups -OCH3 is 4. The van der Waals surface area contributed by atoms with E-state index < -0.39 is 18.1 Å². The largest absolute Gasteiger partial charge is 0.493 e. The van der Waals surface area contributed by atoms with Crippen molar-refractivity contribution in [2.24, 2.45) is 0 Å². The molecule has 0 saturated carbocycles. The number of carbonyl (C=O) groups is 2. The van der Waals surface area contributed by atoms with Crippen LogP contribution in [0, 0.1) is 0 Å². The van der Waals surface area contributed by atoms with Crippen LogP contribution in [0.25, 0.3) is 0 Å². The molecule has 10 heteroatoms. The fourth-order valence-corrected chi connectivity index (χ4v) is 3.07. The lowest BCUT2D eigenvalue weighted by molar-refractivity contribution is -0.128. The van der Waals surface area contributed by atoms with Crippen molar-refractivity contribution in [3.05, 3.63) is 47.8 Å². The van der Waals surface area contributed by atoms with Crippen LogP contribution in [0.15, 0.2) is 36.5 Å². The Bertz CT molecular complexity index is 897. The summed E-state index contributed by atoms with van der Waals surface area (Å²) in [4.78, 5) is 29.4. The molecule has 1 unspecified atom stereocenters. The minimum absolute atomic E-state index is 0.0257. The standard InChI is InChI=1S/C24H32N2O8/c1-17(27)26(14-19-8-6-7-10-25-19)24(28)34-16-20(29-2)15-33-11-9-18-12-21(30-3)23(32-5)22(13-18)31-4/h6-8,10,12-13,20H,9,11,14-16H2,1-5H3. The van der Waals surface area contributed by atoms with Crippen molar-refractivity contribution in [2.75, 3.05) is 48.3 Å². The van der Waals surface area contributed by atoms with Gasteiger partial charge in [-0.15, -0.1) is 0 Å². The SMILES string of the molecule is COc1cc(CCOCC(COC(=O)N(Cc2ccccn2)C(C)=O)OC)cc(OC)c1OC. The first-order chi connectivity index (χ1) is 16.4. The highest BCUT2D eigenvalue weighted by Crippen LogP contribution is 2.38. The van der Waals surface area contributed by atoms with Crippen LogP contribution < -0.4 is 14.2 Å². The van der Waals surface area contributed by atoms with Crippen LogP contribution in [-0.2, 0) is 32.0 Å². The second-order valence-corrected chi connectivity index (χ2v) is 7.22. The van der Waals surface area contributed by atoms with Gasteiger partial charge in [-0.2, -0.15) is 0 Å². The summed E-state index contributed by atoms with van der Waals surface area (Å²) in [6.07, 6.45) is 0.926. The van der Waals surface area contributed by atoms with Crippen molar-refractivity contribution in [1.29, 1.82) is 0 Å². The number of pyridine rings is 1. The van der Waals surface area contributed by atoms with Crippen molar-refractivity contribution < 1.29 is 38.0 Å². The first-order valence-electron chi connectivity index (χ1n) is 10.7. The summed E-state index contributed by atoms with van der Waals surface area (Å²) in [6, 6.07) is 8.98. The molecule has 0 radical (unpaired) electrons. The molecule has 1 aromatic carbocycles. The van der Waals surface area contributed by atoms with E-state index in [4.69, 9.17) is 28.4 Å². The third-order valence-corrected chi connectivity index (χ3v) is 4.94. The van der Waals surface area contributed by atoms with Crippen LogP contribution in [0.2, 0.25) is 0 Å². The molecule has 0 bridgehead atoms. The molecule has 0 aliphatic heterocycles. The molecular weight excluding hydrogens is 444 g/mol. The summed E-state index contributed by atoms with van der Waals surface area (Å²) >= 11 is 0. The van der Waals surface area contributed by atoms with Gasteiger partial charge in [0.1, 0.15) is 12.7 Å². The zero-order valence-corrected chi connectivity index (χ0v) is 20.2. The Kier molecular flexibility index (Phi) is 11.1. The number of nitrogens with zero attached hydrogens (tertiary/aromatic N) is 2. The monoisotopic (exact) mass is 476 g/mol. The molecule has 2 rings (SSSR count). The summed E-state index contributed by atoms with van der Waals surface area (Å²) in [5, 5.41) is 0. The maximum absolute atomic E-state index is 12.4. The van der Waals surface area contributed by atoms with Crippen LogP contribution in [0.3, 0.4) is 0 Å². The summed E-state index contributed by atoms with van der Waals surface area (Å²) < 4.78 is 32.4. The first-order valence-corrected chi connectivity index (χ1v) is 10.7. The Morgan fingerprint density at radius 2 is 1.71 bits per heavy atom. The number of imide groups is 1. The average Bonchev–Trinajstić information content (AvgIpc) is 2.86. The Labute approximate surface area is 199 Å². The first kappa shape index (κ1) is 26.9. The molecule has 0 aliphatic rings. The van der Waals surface area contributed by atoms with E-state index in [-0.39, 0.29) is 19.8 Å². The van der Waals surface area contributed by atoms with Gasteiger partial charge in [-0.1, -0.05) is 6.07 Å². The maximum atomic E-state index is 12.4. The van der Waals surface area contributed by atoms with Gasteiger partial charge in [0.25, 0.3) is 0 Å². The van der Waals surface area contributed by atoms with Crippen molar-refractivity contribution in [3.63, 3.8) is 0 Å². The molecule has 1 aromatic heterocycles. The lowest BCUT2D eigenvalue weighted by Gasteiger charge is -2.21. The Hall–Kier alpha value is -3.37. The van der Waals surface area contributed by atoms with Crippen LogP contribution in [0.1, 0.15) is 18.2 Å². The molecule has 1 atom stereocenters. The zero-order chi connectivity index (χ0) is 24.9. The second-order valence-electron chi connectivity index (χ2n) is 7.22. The lowest BCUT2D eigenvalue weighted by atomic mass is 10.1. The van der Waals surface area contributed by atoms with Gasteiger partial charge in [0.15, 0.2) is 11.5 Å². The van der Waals surface area contributed by atoms with Crippen LogP contribution >= 0.6 is 0 Å². The van der Waals surface area contributed by atoms with Crippen molar-refractivity contribution in [3.8, 4) is 17.2 Å². The van der Waals surface area contributed by atoms with Crippen molar-refractivity contribution >= 4 is 12.0 Å². The molecule has 0 fully saturated rings. The molecule has 34 heavy (non-hydrogen) atoms. The molecule has 1 heterocycles. The molecule has 10 nitrogen and oxygen atoms in total. The van der Waals surface area contributed by atoms with Gasteiger partial charge in [0, 0.05) is 20.2 Å². The van der Waals surface area contributed by atoms with E-state index in [1.165, 1.54) is 14.0 Å². The molecule has 0 spiro atoms. The summed E-state index contributed by atoms with van der Waals surface area (Å²) in [5.74, 6) is 1.23. The molecule has 2 amide bonds. The summed E-state index contributed by atoms with van der Waals surface area (Å²) in [7, 11) is 6.17. The van der Waals surface area contributed by atoms with Gasteiger partial charge in [-0.3, -0.25) is 9.78 Å². The summed E-state index contributed by atoms with van der Waals surface area (Å²) in [5.41, 5.74) is 1.52. The van der Waals surface area contributed by atoms with Gasteiger partial charge < -0.3 is 28.4 Å². The van der Waals surface area contributed by atoms with E-state index in [1.54, 1.807) is 45.7 Å². The van der Waals surface area contributed by atoms with E-state index in [9.17, 15) is 9.59 Å². The van der Waals surface area contributed by atoms with E-state index in [2.05, 4.69) is 4.98 Å². The molecule has 0 saturated heterocycles. The third-order valence-electron chi connectivity index (χ3n) is 4.94. The summed E-state index contributed by atoms with van der Waals surface area (Å²) in [6.45, 7) is 1.86. The second kappa shape index (κ2) is 14.0. The van der Waals surface area contributed by atoms with Crippen LogP contribution in [-0.4, -0.2) is 76.2 Å². The number of hydrogen-bond acceptors (Lipinski definition) is 9. The minimum atomic E-state index is -0.766. The number of hydrogen-bond donors (Lipinski definition) is 0. The highest BCUT2D eigenvalue weighted by molar-refractivity contribution is 5.90. The van der Waals surface area contributed by atoms with E-state index >= 15 is 0 Å². The smallest absolute Gasteiger partial charge is 0.416 e. The van der Waals surface area contributed by atoms with Gasteiger partial charge >= 0.3 is 6.09 Å². The topological polar surface area (TPSA) is 106 Å². The molecular formula is C24H32N2O8. The number of aromatic nitrogens is 1. The lowest BCUT2D eigenvalue weighted by Crippen LogP contribution is -2.37. The highest BCUT2D eigenvalue weighted by Gasteiger charge is 2.22.